The van der Waals surface area contributed by atoms with Crippen molar-refractivity contribution in [3.05, 3.63) is 24.3 Å². The number of carbonyl (C=O) groups is 1. The number of likely N-dealkylation sites (tertiary alicyclic amines) is 1. The predicted molar refractivity (Wildman–Crippen MR) is 108 cm³/mol. The summed E-state index contributed by atoms with van der Waals surface area (Å²) in [6, 6.07) is 8.37. The maximum atomic E-state index is 12.9. The minimum absolute atomic E-state index is 0.134. The van der Waals surface area contributed by atoms with E-state index in [1.807, 2.05) is 24.3 Å². The molecule has 1 N–H and O–H groups in total. The Morgan fingerprint density at radius 3 is 2.48 bits per heavy atom. The quantitative estimate of drug-likeness (QED) is 0.881. The van der Waals surface area contributed by atoms with Gasteiger partial charge in [-0.05, 0) is 82.9 Å². The third kappa shape index (κ3) is 4.64. The summed E-state index contributed by atoms with van der Waals surface area (Å²) in [6.45, 7) is 4.52. The second-order valence-corrected chi connectivity index (χ2v) is 8.48. The topological polar surface area (TPSA) is 44.8 Å². The molecule has 4 rings (SSSR count). The molecule has 5 heteroatoms. The van der Waals surface area contributed by atoms with Crippen LogP contribution in [0, 0.1) is 5.92 Å². The molecule has 0 saturated carbocycles. The highest BCUT2D eigenvalue weighted by atomic mass is 16.5. The molecule has 148 valence electrons. The van der Waals surface area contributed by atoms with Crippen molar-refractivity contribution in [3.63, 3.8) is 0 Å². The van der Waals surface area contributed by atoms with Crippen LogP contribution >= 0.6 is 0 Å². The Kier molecular flexibility index (Phi) is 5.98. The van der Waals surface area contributed by atoms with E-state index in [4.69, 9.17) is 4.74 Å². The van der Waals surface area contributed by atoms with Crippen LogP contribution in [0.25, 0.3) is 0 Å². The van der Waals surface area contributed by atoms with E-state index >= 15 is 0 Å². The van der Waals surface area contributed by atoms with Gasteiger partial charge in [-0.15, -0.1) is 0 Å². The number of benzene rings is 1. The number of nitrogens with zero attached hydrogens (tertiary/aromatic N) is 2. The Morgan fingerprint density at radius 2 is 1.70 bits per heavy atom. The van der Waals surface area contributed by atoms with Crippen LogP contribution in [0.15, 0.2) is 24.3 Å². The molecule has 5 nitrogen and oxygen atoms in total. The number of ether oxygens (including phenoxy) is 1. The average molecular weight is 372 g/mol. The fourth-order valence-electron chi connectivity index (χ4n) is 4.91. The zero-order valence-corrected chi connectivity index (χ0v) is 16.5. The van der Waals surface area contributed by atoms with Gasteiger partial charge in [0.25, 0.3) is 0 Å². The molecule has 3 saturated heterocycles. The molecule has 3 aliphatic rings. The zero-order chi connectivity index (χ0) is 18.6. The summed E-state index contributed by atoms with van der Waals surface area (Å²) in [5.41, 5.74) is 0.878. The number of carbonyl (C=O) groups excluding carboxylic acids is 1. The molecule has 0 unspecified atom stereocenters. The SMILES string of the molecule is CN1CCC(Oc2ccc(NC(=O)[C@@H]3CCCN4CCCC[C@H]34)cc2)CC1. The Labute approximate surface area is 163 Å². The van der Waals surface area contributed by atoms with Gasteiger partial charge in [0.1, 0.15) is 11.9 Å². The van der Waals surface area contributed by atoms with Crippen LogP contribution in [-0.2, 0) is 4.79 Å². The Morgan fingerprint density at radius 1 is 0.963 bits per heavy atom. The fourth-order valence-corrected chi connectivity index (χ4v) is 4.91. The van der Waals surface area contributed by atoms with Crippen molar-refractivity contribution in [2.75, 3.05) is 38.5 Å². The number of rotatable bonds is 4. The Hall–Kier alpha value is -1.59. The molecular weight excluding hydrogens is 338 g/mol. The van der Waals surface area contributed by atoms with Crippen molar-refractivity contribution >= 4 is 11.6 Å². The summed E-state index contributed by atoms with van der Waals surface area (Å²) >= 11 is 0. The lowest BCUT2D eigenvalue weighted by Crippen LogP contribution is -2.51. The minimum Gasteiger partial charge on any atom is -0.490 e. The van der Waals surface area contributed by atoms with E-state index < -0.39 is 0 Å². The summed E-state index contributed by atoms with van der Waals surface area (Å²) in [7, 11) is 2.16. The molecule has 1 amide bonds. The first kappa shape index (κ1) is 18.8. The molecule has 1 aromatic carbocycles. The van der Waals surface area contributed by atoms with Gasteiger partial charge in [-0.2, -0.15) is 0 Å². The Balaban J connectivity index is 1.32. The summed E-state index contributed by atoms with van der Waals surface area (Å²) in [5, 5.41) is 3.15. The zero-order valence-electron chi connectivity index (χ0n) is 16.5. The smallest absolute Gasteiger partial charge is 0.229 e. The van der Waals surface area contributed by atoms with Crippen molar-refractivity contribution in [1.29, 1.82) is 0 Å². The first-order chi connectivity index (χ1) is 13.2. The molecule has 0 bridgehead atoms. The minimum atomic E-state index is 0.134. The van der Waals surface area contributed by atoms with Crippen molar-refractivity contribution in [1.82, 2.24) is 9.80 Å². The molecule has 1 aromatic rings. The number of fused-ring (bicyclic) bond motifs is 1. The lowest BCUT2D eigenvalue weighted by Gasteiger charge is -2.43. The van der Waals surface area contributed by atoms with Crippen LogP contribution < -0.4 is 10.1 Å². The predicted octanol–water partition coefficient (Wildman–Crippen LogP) is 3.36. The second-order valence-electron chi connectivity index (χ2n) is 8.48. The summed E-state index contributed by atoms with van der Waals surface area (Å²) in [5.74, 6) is 1.23. The maximum Gasteiger partial charge on any atom is 0.229 e. The highest BCUT2D eigenvalue weighted by molar-refractivity contribution is 5.93. The van der Waals surface area contributed by atoms with E-state index in [2.05, 4.69) is 22.2 Å². The summed E-state index contributed by atoms with van der Waals surface area (Å²) in [6.07, 6.45) is 8.32. The number of anilines is 1. The largest absolute Gasteiger partial charge is 0.490 e. The van der Waals surface area contributed by atoms with Crippen molar-refractivity contribution in [3.8, 4) is 5.75 Å². The second kappa shape index (κ2) is 8.61. The van der Waals surface area contributed by atoms with E-state index in [0.29, 0.717) is 12.1 Å². The molecule has 27 heavy (non-hydrogen) atoms. The van der Waals surface area contributed by atoms with Gasteiger partial charge in [-0.1, -0.05) is 6.42 Å². The molecule has 3 fully saturated rings. The molecule has 0 aromatic heterocycles. The standard InChI is InChI=1S/C22H33N3O2/c1-24-15-11-19(12-16-24)27-18-9-7-17(8-10-18)23-22(26)20-5-4-14-25-13-3-2-6-21(20)25/h7-10,19-21H,2-6,11-16H2,1H3,(H,23,26)/t20-,21-/m1/s1. The van der Waals surface area contributed by atoms with E-state index in [1.54, 1.807) is 0 Å². The number of piperidine rings is 3. The highest BCUT2D eigenvalue weighted by Gasteiger charge is 2.37. The first-order valence-corrected chi connectivity index (χ1v) is 10.7. The number of nitrogens with one attached hydrogen (secondary N) is 1. The van der Waals surface area contributed by atoms with E-state index in [0.717, 1.165) is 63.3 Å². The third-order valence-electron chi connectivity index (χ3n) is 6.52. The van der Waals surface area contributed by atoms with Crippen LogP contribution in [-0.4, -0.2) is 61.1 Å². The van der Waals surface area contributed by atoms with Crippen LogP contribution in [0.4, 0.5) is 5.69 Å². The number of hydrogen-bond acceptors (Lipinski definition) is 4. The van der Waals surface area contributed by atoms with Gasteiger partial charge in [-0.3, -0.25) is 9.69 Å². The monoisotopic (exact) mass is 371 g/mol. The van der Waals surface area contributed by atoms with Gasteiger partial charge in [0.15, 0.2) is 0 Å². The van der Waals surface area contributed by atoms with Gasteiger partial charge >= 0.3 is 0 Å². The molecule has 0 radical (unpaired) electrons. The van der Waals surface area contributed by atoms with Gasteiger partial charge in [0, 0.05) is 24.8 Å². The Bertz CT molecular complexity index is 623. The van der Waals surface area contributed by atoms with Crippen LogP contribution in [0.1, 0.15) is 44.9 Å². The lowest BCUT2D eigenvalue weighted by molar-refractivity contribution is -0.124. The van der Waals surface area contributed by atoms with E-state index in [9.17, 15) is 4.79 Å². The highest BCUT2D eigenvalue weighted by Crippen LogP contribution is 2.32. The van der Waals surface area contributed by atoms with Crippen LogP contribution in [0.2, 0.25) is 0 Å². The molecule has 2 atom stereocenters. The van der Waals surface area contributed by atoms with Crippen molar-refractivity contribution in [2.24, 2.45) is 5.92 Å². The van der Waals surface area contributed by atoms with Gasteiger partial charge in [0.2, 0.25) is 5.91 Å². The summed E-state index contributed by atoms with van der Waals surface area (Å²) in [4.78, 5) is 17.8. The molecule has 0 spiro atoms. The summed E-state index contributed by atoms with van der Waals surface area (Å²) < 4.78 is 6.10. The molecule has 3 heterocycles. The van der Waals surface area contributed by atoms with Gasteiger partial charge in [-0.25, -0.2) is 0 Å². The fraction of sp³-hybridized carbons (Fsp3) is 0.682. The number of hydrogen-bond donors (Lipinski definition) is 1. The van der Waals surface area contributed by atoms with Crippen molar-refractivity contribution in [2.45, 2.75) is 57.1 Å². The van der Waals surface area contributed by atoms with Crippen LogP contribution in [0.5, 0.6) is 5.75 Å². The third-order valence-corrected chi connectivity index (χ3v) is 6.52. The molecule has 0 aliphatic carbocycles. The van der Waals surface area contributed by atoms with Crippen molar-refractivity contribution < 1.29 is 9.53 Å². The molecule has 3 aliphatic heterocycles. The number of amides is 1. The normalized spacial score (nSPS) is 27.7. The first-order valence-electron chi connectivity index (χ1n) is 10.7. The molecular formula is C22H33N3O2. The van der Waals surface area contributed by atoms with Crippen LogP contribution in [0.3, 0.4) is 0 Å². The average Bonchev–Trinajstić information content (AvgIpc) is 2.71. The van der Waals surface area contributed by atoms with E-state index in [1.165, 1.54) is 19.3 Å². The lowest BCUT2D eigenvalue weighted by atomic mass is 9.83. The maximum absolute atomic E-state index is 12.9. The van der Waals surface area contributed by atoms with E-state index in [-0.39, 0.29) is 11.8 Å². The van der Waals surface area contributed by atoms with Gasteiger partial charge in [0.05, 0.1) is 5.92 Å². The van der Waals surface area contributed by atoms with Gasteiger partial charge < -0.3 is 15.0 Å².